The molecule has 1 fully saturated rings. The number of nitrogens with one attached hydrogen (secondary N) is 1. The number of aromatic nitrogens is 4. The highest BCUT2D eigenvalue weighted by Gasteiger charge is 2.29. The summed E-state index contributed by atoms with van der Waals surface area (Å²) in [6.45, 7) is 4.75. The standard InChI is InChI=1S/C31H30ClN7O2S/c1-20-26(42-19-36-20)10-11-33-30(40)24-17-35-27(18-34-24)38-12-14-39(15-13-38)31(41)28-23-16-22(32)8-9-25(23)37(2)29(28)21-6-4-3-5-7-21/h3-9,16-19H,10-15H2,1-2H3,(H,33,40). The van der Waals surface area contributed by atoms with E-state index in [1.165, 1.54) is 6.20 Å². The van der Waals surface area contributed by atoms with Crippen LogP contribution >= 0.6 is 22.9 Å². The molecule has 0 aliphatic carbocycles. The van der Waals surface area contributed by atoms with Crippen molar-refractivity contribution >= 4 is 51.5 Å². The van der Waals surface area contributed by atoms with Crippen LogP contribution in [-0.4, -0.2) is 69.0 Å². The smallest absolute Gasteiger partial charge is 0.271 e. The Morgan fingerprint density at radius 1 is 1.00 bits per heavy atom. The van der Waals surface area contributed by atoms with Gasteiger partial charge in [-0.1, -0.05) is 41.9 Å². The lowest BCUT2D eigenvalue weighted by molar-refractivity contribution is 0.0748. The van der Waals surface area contributed by atoms with Crippen LogP contribution in [0.5, 0.6) is 0 Å². The van der Waals surface area contributed by atoms with Gasteiger partial charge in [-0.2, -0.15) is 0 Å². The number of benzene rings is 2. The zero-order chi connectivity index (χ0) is 29.2. The molecule has 1 aliphatic rings. The molecular weight excluding hydrogens is 570 g/mol. The summed E-state index contributed by atoms with van der Waals surface area (Å²) < 4.78 is 2.07. The molecular formula is C31H30ClN7O2S. The average molecular weight is 600 g/mol. The van der Waals surface area contributed by atoms with Crippen LogP contribution in [0.25, 0.3) is 22.2 Å². The highest BCUT2D eigenvalue weighted by molar-refractivity contribution is 7.09. The molecule has 5 aromatic rings. The summed E-state index contributed by atoms with van der Waals surface area (Å²) in [4.78, 5) is 44.8. The quantitative estimate of drug-likeness (QED) is 0.283. The van der Waals surface area contributed by atoms with Gasteiger partial charge in [0.1, 0.15) is 11.5 Å². The van der Waals surface area contributed by atoms with E-state index in [2.05, 4.69) is 29.7 Å². The fourth-order valence-corrected chi connectivity index (χ4v) is 6.37. The highest BCUT2D eigenvalue weighted by Crippen LogP contribution is 2.35. The maximum absolute atomic E-state index is 14.1. The molecule has 9 nitrogen and oxygen atoms in total. The predicted molar refractivity (Wildman–Crippen MR) is 166 cm³/mol. The predicted octanol–water partition coefficient (Wildman–Crippen LogP) is 4.99. The third-order valence-electron chi connectivity index (χ3n) is 7.67. The molecule has 1 saturated heterocycles. The Morgan fingerprint density at radius 3 is 2.48 bits per heavy atom. The van der Waals surface area contributed by atoms with Crippen molar-refractivity contribution in [1.82, 2.24) is 29.7 Å². The molecule has 214 valence electrons. The summed E-state index contributed by atoms with van der Waals surface area (Å²) in [5.41, 5.74) is 6.56. The first kappa shape index (κ1) is 27.9. The van der Waals surface area contributed by atoms with Crippen LogP contribution in [0, 0.1) is 6.92 Å². The number of nitrogens with zero attached hydrogens (tertiary/aromatic N) is 6. The van der Waals surface area contributed by atoms with Crippen LogP contribution in [-0.2, 0) is 13.5 Å². The monoisotopic (exact) mass is 599 g/mol. The summed E-state index contributed by atoms with van der Waals surface area (Å²) in [6.07, 6.45) is 3.86. The summed E-state index contributed by atoms with van der Waals surface area (Å²) in [6, 6.07) is 15.7. The molecule has 1 aliphatic heterocycles. The van der Waals surface area contributed by atoms with Gasteiger partial charge in [0.15, 0.2) is 0 Å². The number of piperazine rings is 1. The first-order chi connectivity index (χ1) is 20.4. The largest absolute Gasteiger partial charge is 0.352 e. The molecule has 0 spiro atoms. The maximum Gasteiger partial charge on any atom is 0.271 e. The van der Waals surface area contributed by atoms with E-state index < -0.39 is 0 Å². The number of thiazole rings is 1. The van der Waals surface area contributed by atoms with Crippen LogP contribution < -0.4 is 10.2 Å². The molecule has 42 heavy (non-hydrogen) atoms. The van der Waals surface area contributed by atoms with Gasteiger partial charge in [0.25, 0.3) is 11.8 Å². The van der Waals surface area contributed by atoms with Crippen molar-refractivity contribution in [2.45, 2.75) is 13.3 Å². The van der Waals surface area contributed by atoms with Crippen LogP contribution in [0.1, 0.15) is 31.4 Å². The van der Waals surface area contributed by atoms with Crippen molar-refractivity contribution in [3.05, 3.63) is 93.3 Å². The average Bonchev–Trinajstić information content (AvgIpc) is 3.56. The van der Waals surface area contributed by atoms with Gasteiger partial charge in [0.05, 0.1) is 34.9 Å². The molecule has 3 aromatic heterocycles. The molecule has 4 heterocycles. The second-order valence-electron chi connectivity index (χ2n) is 10.2. The highest BCUT2D eigenvalue weighted by atomic mass is 35.5. The Kier molecular flexibility index (Phi) is 7.90. The molecule has 11 heteroatoms. The minimum absolute atomic E-state index is 0.0204. The number of fused-ring (bicyclic) bond motifs is 1. The third kappa shape index (κ3) is 5.47. The van der Waals surface area contributed by atoms with Crippen molar-refractivity contribution in [2.24, 2.45) is 7.05 Å². The van der Waals surface area contributed by atoms with E-state index in [0.717, 1.165) is 39.2 Å². The van der Waals surface area contributed by atoms with Crippen molar-refractivity contribution in [2.75, 3.05) is 37.6 Å². The molecule has 1 N–H and O–H groups in total. The summed E-state index contributed by atoms with van der Waals surface area (Å²) in [5.74, 6) is 0.407. The number of carbonyl (C=O) groups is 2. The lowest BCUT2D eigenvalue weighted by Crippen LogP contribution is -2.49. The number of anilines is 1. The van der Waals surface area contributed by atoms with Gasteiger partial charge >= 0.3 is 0 Å². The lowest BCUT2D eigenvalue weighted by Gasteiger charge is -2.35. The van der Waals surface area contributed by atoms with Gasteiger partial charge in [-0.3, -0.25) is 9.59 Å². The zero-order valence-corrected chi connectivity index (χ0v) is 25.0. The van der Waals surface area contributed by atoms with Crippen molar-refractivity contribution in [3.63, 3.8) is 0 Å². The Labute approximate surface area is 252 Å². The minimum Gasteiger partial charge on any atom is -0.352 e. The van der Waals surface area contributed by atoms with Gasteiger partial charge in [0, 0.05) is 67.0 Å². The summed E-state index contributed by atoms with van der Waals surface area (Å²) >= 11 is 7.97. The minimum atomic E-state index is -0.254. The summed E-state index contributed by atoms with van der Waals surface area (Å²) in [5, 5.41) is 4.34. The Morgan fingerprint density at radius 2 is 1.79 bits per heavy atom. The SMILES string of the molecule is Cc1ncsc1CCNC(=O)c1cnc(N2CCN(C(=O)c3c(-c4ccccc4)n(C)c4ccc(Cl)cc34)CC2)cn1. The first-order valence-electron chi connectivity index (χ1n) is 13.8. The number of amides is 2. The first-order valence-corrected chi connectivity index (χ1v) is 15.0. The topological polar surface area (TPSA) is 96.3 Å². The molecule has 2 amide bonds. The van der Waals surface area contributed by atoms with Crippen molar-refractivity contribution in [3.8, 4) is 11.3 Å². The maximum atomic E-state index is 14.1. The number of hydrogen-bond donors (Lipinski definition) is 1. The number of rotatable bonds is 7. The molecule has 0 bridgehead atoms. The van der Waals surface area contributed by atoms with E-state index in [1.54, 1.807) is 17.5 Å². The number of aryl methyl sites for hydroxylation is 2. The van der Waals surface area contributed by atoms with Crippen LogP contribution in [0.2, 0.25) is 5.02 Å². The molecule has 0 unspecified atom stereocenters. The number of halogens is 1. The Bertz CT molecular complexity index is 1740. The fourth-order valence-electron chi connectivity index (χ4n) is 5.41. The van der Waals surface area contributed by atoms with Crippen molar-refractivity contribution in [1.29, 1.82) is 0 Å². The van der Waals surface area contributed by atoms with E-state index >= 15 is 0 Å². The van der Waals surface area contributed by atoms with Crippen LogP contribution in [0.3, 0.4) is 0 Å². The summed E-state index contributed by atoms with van der Waals surface area (Å²) in [7, 11) is 1.98. The van der Waals surface area contributed by atoms with E-state index in [1.807, 2.05) is 72.9 Å². The van der Waals surface area contributed by atoms with Crippen LogP contribution in [0.15, 0.2) is 66.4 Å². The third-order valence-corrected chi connectivity index (χ3v) is 8.90. The van der Waals surface area contributed by atoms with Gasteiger partial charge < -0.3 is 19.7 Å². The number of carbonyl (C=O) groups excluding carboxylic acids is 2. The second kappa shape index (κ2) is 11.9. The van der Waals surface area contributed by atoms with E-state index in [9.17, 15) is 9.59 Å². The Balaban J connectivity index is 1.13. The van der Waals surface area contributed by atoms with Gasteiger partial charge in [-0.25, -0.2) is 15.0 Å². The van der Waals surface area contributed by atoms with Crippen LogP contribution in [0.4, 0.5) is 5.82 Å². The fraction of sp³-hybridized carbons (Fsp3) is 0.258. The number of hydrogen-bond acceptors (Lipinski definition) is 7. The molecule has 6 rings (SSSR count). The zero-order valence-electron chi connectivity index (χ0n) is 23.4. The molecule has 0 radical (unpaired) electrons. The van der Waals surface area contributed by atoms with Gasteiger partial charge in [-0.15, -0.1) is 11.3 Å². The van der Waals surface area contributed by atoms with E-state index in [-0.39, 0.29) is 17.5 Å². The normalized spacial score (nSPS) is 13.5. The second-order valence-corrected chi connectivity index (χ2v) is 11.6. The molecule has 0 saturated carbocycles. The molecule has 2 aromatic carbocycles. The van der Waals surface area contributed by atoms with E-state index in [0.29, 0.717) is 49.1 Å². The lowest BCUT2D eigenvalue weighted by atomic mass is 10.0. The Hall–Kier alpha value is -4.28. The molecule has 0 atom stereocenters. The van der Waals surface area contributed by atoms with Crippen molar-refractivity contribution < 1.29 is 9.59 Å². The van der Waals surface area contributed by atoms with Gasteiger partial charge in [-0.05, 0) is 30.7 Å². The van der Waals surface area contributed by atoms with Gasteiger partial charge in [0.2, 0.25) is 0 Å². The van der Waals surface area contributed by atoms with E-state index in [4.69, 9.17) is 11.6 Å².